The SMILES string of the molecule is CCCCCOCCC(=O)OCCCCC. The number of esters is 1. The van der Waals surface area contributed by atoms with Gasteiger partial charge in [-0.05, 0) is 12.8 Å². The summed E-state index contributed by atoms with van der Waals surface area (Å²) in [5.41, 5.74) is 0. The van der Waals surface area contributed by atoms with Crippen LogP contribution in [-0.2, 0) is 14.3 Å². The first-order valence-corrected chi connectivity index (χ1v) is 6.54. The molecule has 3 heteroatoms. The Morgan fingerprint density at radius 3 is 2.12 bits per heavy atom. The van der Waals surface area contributed by atoms with Gasteiger partial charge in [0.25, 0.3) is 0 Å². The van der Waals surface area contributed by atoms with Gasteiger partial charge in [0, 0.05) is 6.61 Å². The summed E-state index contributed by atoms with van der Waals surface area (Å²) in [6, 6.07) is 0. The van der Waals surface area contributed by atoms with Gasteiger partial charge in [0.1, 0.15) is 0 Å². The molecule has 96 valence electrons. The zero-order chi connectivity index (χ0) is 12.1. The Bertz CT molecular complexity index is 157. The van der Waals surface area contributed by atoms with Crippen LogP contribution in [0.25, 0.3) is 0 Å². The molecule has 16 heavy (non-hydrogen) atoms. The molecule has 3 nitrogen and oxygen atoms in total. The summed E-state index contributed by atoms with van der Waals surface area (Å²) in [6.07, 6.45) is 7.11. The highest BCUT2D eigenvalue weighted by molar-refractivity contribution is 5.69. The van der Waals surface area contributed by atoms with Crippen molar-refractivity contribution in [1.82, 2.24) is 0 Å². The van der Waals surface area contributed by atoms with Crippen molar-refractivity contribution in [1.29, 1.82) is 0 Å². The number of hydrogen-bond donors (Lipinski definition) is 0. The zero-order valence-corrected chi connectivity index (χ0v) is 10.8. The van der Waals surface area contributed by atoms with E-state index in [2.05, 4.69) is 13.8 Å². The van der Waals surface area contributed by atoms with Crippen molar-refractivity contribution < 1.29 is 14.3 Å². The molecule has 0 aromatic carbocycles. The van der Waals surface area contributed by atoms with Crippen LogP contribution in [0.1, 0.15) is 58.8 Å². The van der Waals surface area contributed by atoms with E-state index >= 15 is 0 Å². The lowest BCUT2D eigenvalue weighted by Gasteiger charge is -2.05. The maximum absolute atomic E-state index is 11.2. The molecule has 0 atom stereocenters. The lowest BCUT2D eigenvalue weighted by atomic mass is 10.3. The molecule has 0 rings (SSSR count). The second-order valence-corrected chi connectivity index (χ2v) is 4.00. The van der Waals surface area contributed by atoms with Gasteiger partial charge >= 0.3 is 5.97 Å². The van der Waals surface area contributed by atoms with E-state index in [1.54, 1.807) is 0 Å². The maximum atomic E-state index is 11.2. The molecule has 0 N–H and O–H groups in total. The van der Waals surface area contributed by atoms with Gasteiger partial charge in [-0.1, -0.05) is 39.5 Å². The van der Waals surface area contributed by atoms with Gasteiger partial charge in [0.2, 0.25) is 0 Å². The molecule has 0 bridgehead atoms. The molecule has 0 saturated heterocycles. The van der Waals surface area contributed by atoms with E-state index in [0.717, 1.165) is 32.3 Å². The van der Waals surface area contributed by atoms with Crippen LogP contribution in [0.15, 0.2) is 0 Å². The van der Waals surface area contributed by atoms with Crippen LogP contribution in [-0.4, -0.2) is 25.8 Å². The molecule has 0 aromatic heterocycles. The van der Waals surface area contributed by atoms with Crippen molar-refractivity contribution in [2.75, 3.05) is 19.8 Å². The number of carbonyl (C=O) groups excluding carboxylic acids is 1. The van der Waals surface area contributed by atoms with Gasteiger partial charge in [-0.3, -0.25) is 4.79 Å². The molecule has 0 unspecified atom stereocenters. The summed E-state index contributed by atoms with van der Waals surface area (Å²) in [5.74, 6) is -0.133. The predicted molar refractivity (Wildman–Crippen MR) is 65.4 cm³/mol. The molecular formula is C13H26O3. The minimum Gasteiger partial charge on any atom is -0.466 e. The molecule has 0 spiro atoms. The van der Waals surface area contributed by atoms with Crippen molar-refractivity contribution in [3.8, 4) is 0 Å². The Kier molecular flexibility index (Phi) is 12.1. The average molecular weight is 230 g/mol. The molecule has 0 saturated carbocycles. The van der Waals surface area contributed by atoms with Crippen molar-refractivity contribution in [2.24, 2.45) is 0 Å². The van der Waals surface area contributed by atoms with Crippen molar-refractivity contribution in [3.63, 3.8) is 0 Å². The molecule has 0 radical (unpaired) electrons. The van der Waals surface area contributed by atoms with E-state index in [1.165, 1.54) is 12.8 Å². The van der Waals surface area contributed by atoms with Gasteiger partial charge in [-0.15, -0.1) is 0 Å². The minimum absolute atomic E-state index is 0.133. The first-order valence-electron chi connectivity index (χ1n) is 6.54. The number of carbonyl (C=O) groups is 1. The summed E-state index contributed by atoms with van der Waals surface area (Å²) >= 11 is 0. The molecule has 0 heterocycles. The smallest absolute Gasteiger partial charge is 0.308 e. The maximum Gasteiger partial charge on any atom is 0.308 e. The van der Waals surface area contributed by atoms with Crippen LogP contribution < -0.4 is 0 Å². The van der Waals surface area contributed by atoms with E-state index < -0.39 is 0 Å². The third-order valence-corrected chi connectivity index (χ3v) is 2.35. The molecular weight excluding hydrogens is 204 g/mol. The molecule has 0 aliphatic heterocycles. The second-order valence-electron chi connectivity index (χ2n) is 4.00. The van der Waals surface area contributed by atoms with Crippen molar-refractivity contribution >= 4 is 5.97 Å². The first-order chi connectivity index (χ1) is 7.81. The third-order valence-electron chi connectivity index (χ3n) is 2.35. The van der Waals surface area contributed by atoms with Crippen LogP contribution in [0.2, 0.25) is 0 Å². The molecule has 0 aliphatic rings. The summed E-state index contributed by atoms with van der Waals surface area (Å²) in [6.45, 7) is 6.11. The molecule has 0 amide bonds. The van der Waals surface area contributed by atoms with Crippen LogP contribution in [0.5, 0.6) is 0 Å². The van der Waals surface area contributed by atoms with E-state index in [-0.39, 0.29) is 5.97 Å². The monoisotopic (exact) mass is 230 g/mol. The summed E-state index contributed by atoms with van der Waals surface area (Å²) in [7, 11) is 0. The molecule has 0 fully saturated rings. The van der Waals surface area contributed by atoms with E-state index in [9.17, 15) is 4.79 Å². The van der Waals surface area contributed by atoms with E-state index in [0.29, 0.717) is 19.6 Å². The van der Waals surface area contributed by atoms with Crippen molar-refractivity contribution in [3.05, 3.63) is 0 Å². The summed E-state index contributed by atoms with van der Waals surface area (Å²) in [5, 5.41) is 0. The lowest BCUT2D eigenvalue weighted by Crippen LogP contribution is -2.09. The summed E-state index contributed by atoms with van der Waals surface area (Å²) < 4.78 is 10.4. The van der Waals surface area contributed by atoms with E-state index in [4.69, 9.17) is 9.47 Å². The minimum atomic E-state index is -0.133. The number of ether oxygens (including phenoxy) is 2. The fraction of sp³-hybridized carbons (Fsp3) is 0.923. The fourth-order valence-corrected chi connectivity index (χ4v) is 1.32. The predicted octanol–water partition coefficient (Wildman–Crippen LogP) is 3.32. The normalized spacial score (nSPS) is 10.4. The highest BCUT2D eigenvalue weighted by atomic mass is 16.5. The van der Waals surface area contributed by atoms with Gasteiger partial charge in [-0.25, -0.2) is 0 Å². The molecule has 0 aliphatic carbocycles. The standard InChI is InChI=1S/C13H26O3/c1-3-5-7-10-15-12-9-13(14)16-11-8-6-4-2/h3-12H2,1-2H3. The fourth-order valence-electron chi connectivity index (χ4n) is 1.32. The Morgan fingerprint density at radius 1 is 0.875 bits per heavy atom. The zero-order valence-electron chi connectivity index (χ0n) is 10.8. The van der Waals surface area contributed by atoms with Gasteiger partial charge in [0.05, 0.1) is 19.6 Å². The third kappa shape index (κ3) is 11.5. The Labute approximate surface area is 99.5 Å². The average Bonchev–Trinajstić information content (AvgIpc) is 2.29. The van der Waals surface area contributed by atoms with Gasteiger partial charge in [-0.2, -0.15) is 0 Å². The molecule has 0 aromatic rings. The van der Waals surface area contributed by atoms with Crippen LogP contribution in [0, 0.1) is 0 Å². The van der Waals surface area contributed by atoms with Gasteiger partial charge in [0.15, 0.2) is 0 Å². The van der Waals surface area contributed by atoms with Gasteiger partial charge < -0.3 is 9.47 Å². The highest BCUT2D eigenvalue weighted by Crippen LogP contribution is 1.97. The Morgan fingerprint density at radius 2 is 1.50 bits per heavy atom. The summed E-state index contributed by atoms with van der Waals surface area (Å²) in [4.78, 5) is 11.2. The number of rotatable bonds is 11. The lowest BCUT2D eigenvalue weighted by molar-refractivity contribution is -0.145. The Hall–Kier alpha value is -0.570. The van der Waals surface area contributed by atoms with Crippen molar-refractivity contribution in [2.45, 2.75) is 58.8 Å². The van der Waals surface area contributed by atoms with E-state index in [1.807, 2.05) is 0 Å². The number of unbranched alkanes of at least 4 members (excludes halogenated alkanes) is 4. The largest absolute Gasteiger partial charge is 0.466 e. The Balaban J connectivity index is 3.11. The van der Waals surface area contributed by atoms with Crippen LogP contribution >= 0.6 is 0 Å². The number of hydrogen-bond acceptors (Lipinski definition) is 3. The second kappa shape index (κ2) is 12.5. The first kappa shape index (κ1) is 15.4. The van der Waals surface area contributed by atoms with Crippen LogP contribution in [0.3, 0.4) is 0 Å². The topological polar surface area (TPSA) is 35.5 Å². The highest BCUT2D eigenvalue weighted by Gasteiger charge is 2.01. The van der Waals surface area contributed by atoms with Crippen LogP contribution in [0.4, 0.5) is 0 Å². The quantitative estimate of drug-likeness (QED) is 0.403.